The molecule has 18 heavy (non-hydrogen) atoms. The lowest BCUT2D eigenvalue weighted by Gasteiger charge is -2.58. The second kappa shape index (κ2) is 4.67. The zero-order valence-corrected chi connectivity index (χ0v) is 13.5. The van der Waals surface area contributed by atoms with Gasteiger partial charge in [0.1, 0.15) is 0 Å². The van der Waals surface area contributed by atoms with E-state index in [4.69, 9.17) is 5.26 Å². The van der Waals surface area contributed by atoms with E-state index >= 15 is 0 Å². The van der Waals surface area contributed by atoms with Crippen LogP contribution in [0.25, 0.3) is 0 Å². The normalized spacial score (nSPS) is 42.7. The predicted molar refractivity (Wildman–Crippen MR) is 79.4 cm³/mol. The van der Waals surface area contributed by atoms with Crippen LogP contribution in [0.4, 0.5) is 0 Å². The molecule has 0 spiro atoms. The van der Waals surface area contributed by atoms with Gasteiger partial charge < -0.3 is 0 Å². The number of nitrogens with zero attached hydrogens (tertiary/aromatic N) is 1. The Hall–Kier alpha value is -0.290. The average molecular weight is 310 g/mol. The monoisotopic (exact) mass is 309 g/mol. The first-order valence-electron chi connectivity index (χ1n) is 7.01. The number of hydrogen-bond donors (Lipinski definition) is 0. The Bertz CT molecular complexity index is 404. The highest BCUT2D eigenvalue weighted by atomic mass is 79.9. The number of halogens is 1. The van der Waals surface area contributed by atoms with Gasteiger partial charge >= 0.3 is 0 Å². The fourth-order valence-corrected chi connectivity index (χ4v) is 5.04. The minimum atomic E-state index is 0.308. The molecule has 2 aliphatic rings. The van der Waals surface area contributed by atoms with Gasteiger partial charge in [-0.1, -0.05) is 48.4 Å². The van der Waals surface area contributed by atoms with E-state index in [0.717, 1.165) is 0 Å². The highest BCUT2D eigenvalue weighted by Crippen LogP contribution is 2.61. The molecule has 1 nitrogen and oxygen atoms in total. The van der Waals surface area contributed by atoms with E-state index in [0.29, 0.717) is 33.9 Å². The van der Waals surface area contributed by atoms with Gasteiger partial charge in [0.2, 0.25) is 0 Å². The van der Waals surface area contributed by atoms with E-state index in [1.54, 1.807) is 0 Å². The molecule has 0 bridgehead atoms. The maximum Gasteiger partial charge on any atom is 0.0628 e. The second-order valence-corrected chi connectivity index (χ2v) is 8.09. The Morgan fingerprint density at radius 1 is 1.44 bits per heavy atom. The smallest absolute Gasteiger partial charge is 0.0628 e. The maximum atomic E-state index is 9.14. The van der Waals surface area contributed by atoms with Gasteiger partial charge in [0.25, 0.3) is 0 Å². The summed E-state index contributed by atoms with van der Waals surface area (Å²) in [5, 5.41) is 9.14. The van der Waals surface area contributed by atoms with E-state index in [-0.39, 0.29) is 0 Å². The Morgan fingerprint density at radius 3 is 2.72 bits per heavy atom. The Labute approximate surface area is 120 Å². The summed E-state index contributed by atoms with van der Waals surface area (Å²) in [6.07, 6.45) is 6.72. The summed E-state index contributed by atoms with van der Waals surface area (Å²) in [5.74, 6) is 1.14. The molecule has 0 N–H and O–H groups in total. The van der Waals surface area contributed by atoms with Crippen molar-refractivity contribution in [3.63, 3.8) is 0 Å². The molecule has 100 valence electrons. The minimum Gasteiger partial charge on any atom is -0.198 e. The standard InChI is InChI=1S/C16H24BrN/c1-11-5-6-13-15(2,3)14(17)7-9-16(13,4)12(11)8-10-18/h5,12-14H,6-9H2,1-4H3. The van der Waals surface area contributed by atoms with E-state index in [1.165, 1.54) is 24.8 Å². The number of alkyl halides is 1. The van der Waals surface area contributed by atoms with Crippen LogP contribution in [0.15, 0.2) is 11.6 Å². The molecular weight excluding hydrogens is 286 g/mol. The summed E-state index contributed by atoms with van der Waals surface area (Å²) in [7, 11) is 0. The second-order valence-electron chi connectivity index (χ2n) is 6.98. The van der Waals surface area contributed by atoms with Crippen molar-refractivity contribution in [2.75, 3.05) is 0 Å². The molecule has 0 aromatic rings. The predicted octanol–water partition coefficient (Wildman–Crippen LogP) is 5.07. The van der Waals surface area contributed by atoms with Crippen molar-refractivity contribution in [3.8, 4) is 6.07 Å². The summed E-state index contributed by atoms with van der Waals surface area (Å²) in [4.78, 5) is 0.609. The van der Waals surface area contributed by atoms with Crippen LogP contribution < -0.4 is 0 Å². The van der Waals surface area contributed by atoms with Crippen LogP contribution in [-0.2, 0) is 0 Å². The zero-order chi connectivity index (χ0) is 13.6. The number of fused-ring (bicyclic) bond motifs is 1. The van der Waals surface area contributed by atoms with Gasteiger partial charge in [-0.25, -0.2) is 0 Å². The maximum absolute atomic E-state index is 9.14. The largest absolute Gasteiger partial charge is 0.198 e. The van der Waals surface area contributed by atoms with E-state index < -0.39 is 0 Å². The van der Waals surface area contributed by atoms with Crippen molar-refractivity contribution >= 4 is 15.9 Å². The lowest BCUT2D eigenvalue weighted by Crippen LogP contribution is -2.52. The molecule has 0 heterocycles. The Morgan fingerprint density at radius 2 is 2.11 bits per heavy atom. The van der Waals surface area contributed by atoms with E-state index in [1.807, 2.05) is 0 Å². The Balaban J connectivity index is 2.41. The lowest BCUT2D eigenvalue weighted by atomic mass is 9.48. The fourth-order valence-electron chi connectivity index (χ4n) is 4.49. The first-order valence-corrected chi connectivity index (χ1v) is 7.93. The summed E-state index contributed by atoms with van der Waals surface area (Å²) in [6.45, 7) is 9.44. The topological polar surface area (TPSA) is 23.8 Å². The highest BCUT2D eigenvalue weighted by molar-refractivity contribution is 9.09. The van der Waals surface area contributed by atoms with Crippen LogP contribution in [0, 0.1) is 34.0 Å². The van der Waals surface area contributed by atoms with Crippen LogP contribution >= 0.6 is 15.9 Å². The van der Waals surface area contributed by atoms with Crippen molar-refractivity contribution < 1.29 is 0 Å². The van der Waals surface area contributed by atoms with Crippen molar-refractivity contribution in [2.24, 2.45) is 22.7 Å². The Kier molecular flexibility index (Phi) is 3.67. The van der Waals surface area contributed by atoms with Crippen molar-refractivity contribution in [1.29, 1.82) is 5.26 Å². The summed E-state index contributed by atoms with van der Waals surface area (Å²) < 4.78 is 0. The van der Waals surface area contributed by atoms with Crippen LogP contribution in [0.2, 0.25) is 0 Å². The zero-order valence-electron chi connectivity index (χ0n) is 12.0. The van der Waals surface area contributed by atoms with Gasteiger partial charge in [-0.3, -0.25) is 0 Å². The molecule has 0 amide bonds. The number of nitriles is 1. The third-order valence-electron chi connectivity index (χ3n) is 5.75. The van der Waals surface area contributed by atoms with Gasteiger partial charge in [0, 0.05) is 11.2 Å². The van der Waals surface area contributed by atoms with Crippen LogP contribution in [0.1, 0.15) is 53.4 Å². The van der Waals surface area contributed by atoms with Gasteiger partial charge in [0.05, 0.1) is 6.07 Å². The van der Waals surface area contributed by atoms with Crippen molar-refractivity contribution in [2.45, 2.75) is 58.2 Å². The number of rotatable bonds is 1. The van der Waals surface area contributed by atoms with Crippen molar-refractivity contribution in [1.82, 2.24) is 0 Å². The average Bonchev–Trinajstić information content (AvgIpc) is 2.29. The molecule has 0 aromatic heterocycles. The third-order valence-corrected chi connectivity index (χ3v) is 7.39. The quantitative estimate of drug-likeness (QED) is 0.490. The van der Waals surface area contributed by atoms with Gasteiger partial charge in [-0.2, -0.15) is 5.26 Å². The van der Waals surface area contributed by atoms with Crippen LogP contribution in [0.5, 0.6) is 0 Å². The van der Waals surface area contributed by atoms with Gasteiger partial charge in [-0.05, 0) is 48.9 Å². The van der Waals surface area contributed by atoms with Gasteiger partial charge in [0.15, 0.2) is 0 Å². The minimum absolute atomic E-state index is 0.308. The summed E-state index contributed by atoms with van der Waals surface area (Å²) in [6, 6.07) is 2.41. The molecule has 1 fully saturated rings. The molecule has 2 heteroatoms. The first-order chi connectivity index (χ1) is 8.34. The van der Waals surface area contributed by atoms with E-state index in [9.17, 15) is 0 Å². The molecule has 2 aliphatic carbocycles. The van der Waals surface area contributed by atoms with Crippen molar-refractivity contribution in [3.05, 3.63) is 11.6 Å². The molecular formula is C16H24BrN. The molecule has 0 saturated heterocycles. The molecule has 1 saturated carbocycles. The highest BCUT2D eigenvalue weighted by Gasteiger charge is 2.54. The molecule has 0 radical (unpaired) electrons. The van der Waals surface area contributed by atoms with Crippen LogP contribution in [0.3, 0.4) is 0 Å². The molecule has 0 aliphatic heterocycles. The molecule has 4 atom stereocenters. The van der Waals surface area contributed by atoms with E-state index in [2.05, 4.69) is 55.8 Å². The number of allylic oxidation sites excluding steroid dienone is 2. The van der Waals surface area contributed by atoms with Crippen LogP contribution in [-0.4, -0.2) is 4.83 Å². The first kappa shape index (κ1) is 14.1. The van der Waals surface area contributed by atoms with Gasteiger partial charge in [-0.15, -0.1) is 0 Å². The summed E-state index contributed by atoms with van der Waals surface area (Å²) in [5.41, 5.74) is 2.07. The molecule has 0 aromatic carbocycles. The third kappa shape index (κ3) is 1.95. The summed E-state index contributed by atoms with van der Waals surface area (Å²) >= 11 is 3.88. The SMILES string of the molecule is CC1=CCC2C(C)(C)C(Br)CCC2(C)C1CC#N. The molecule has 2 rings (SSSR count). The fraction of sp³-hybridized carbons (Fsp3) is 0.812. The molecule has 4 unspecified atom stereocenters. The number of hydrogen-bond acceptors (Lipinski definition) is 1. The lowest BCUT2D eigenvalue weighted by molar-refractivity contribution is -0.0295.